The minimum Gasteiger partial charge on any atom is -0.461 e. The molecular formula is C20H20F2N2O4. The number of hydrogen-bond donors (Lipinski definition) is 2. The summed E-state index contributed by atoms with van der Waals surface area (Å²) in [7, 11) is 0. The molecule has 0 saturated carbocycles. The molecule has 0 aromatic heterocycles. The number of benzene rings is 2. The van der Waals surface area contributed by atoms with Gasteiger partial charge in [0.1, 0.15) is 11.6 Å². The summed E-state index contributed by atoms with van der Waals surface area (Å²) in [5.41, 5.74) is 0.256. The second-order valence-corrected chi connectivity index (χ2v) is 5.45. The van der Waals surface area contributed by atoms with E-state index in [0.717, 1.165) is 0 Å². The first-order chi connectivity index (χ1) is 13.4. The van der Waals surface area contributed by atoms with E-state index in [9.17, 15) is 18.4 Å². The van der Waals surface area contributed by atoms with Crippen LogP contribution in [0.4, 0.5) is 20.2 Å². The molecule has 0 fully saturated rings. The van der Waals surface area contributed by atoms with E-state index < -0.39 is 23.6 Å². The zero-order valence-electron chi connectivity index (χ0n) is 15.4. The van der Waals surface area contributed by atoms with Gasteiger partial charge in [-0.1, -0.05) is 0 Å². The third kappa shape index (κ3) is 5.80. The largest absolute Gasteiger partial charge is 0.461 e. The Labute approximate surface area is 161 Å². The molecule has 0 bridgehead atoms. The highest BCUT2D eigenvalue weighted by Gasteiger charge is 2.24. The predicted octanol–water partition coefficient (Wildman–Crippen LogP) is 3.83. The van der Waals surface area contributed by atoms with Crippen LogP contribution < -0.4 is 10.6 Å². The van der Waals surface area contributed by atoms with Crippen LogP contribution in [0.2, 0.25) is 0 Å². The summed E-state index contributed by atoms with van der Waals surface area (Å²) in [4.78, 5) is 25.0. The number of nitrogens with one attached hydrogen (secondary N) is 2. The number of halogens is 2. The number of anilines is 2. The fourth-order valence-electron chi connectivity index (χ4n) is 2.19. The van der Waals surface area contributed by atoms with Gasteiger partial charge in [-0.15, -0.1) is 0 Å². The van der Waals surface area contributed by atoms with Gasteiger partial charge in [0.25, 0.3) is 0 Å². The van der Waals surface area contributed by atoms with Crippen LogP contribution >= 0.6 is 0 Å². The Morgan fingerprint density at radius 3 is 1.32 bits per heavy atom. The summed E-state index contributed by atoms with van der Waals surface area (Å²) in [6.07, 6.45) is 0. The molecule has 2 N–H and O–H groups in total. The lowest BCUT2D eigenvalue weighted by atomic mass is 10.2. The van der Waals surface area contributed by atoms with Gasteiger partial charge in [-0.3, -0.25) is 0 Å². The molecule has 0 aliphatic heterocycles. The van der Waals surface area contributed by atoms with Crippen molar-refractivity contribution in [2.75, 3.05) is 23.8 Å². The lowest BCUT2D eigenvalue weighted by molar-refractivity contribution is -0.141. The highest BCUT2D eigenvalue weighted by Crippen LogP contribution is 2.19. The summed E-state index contributed by atoms with van der Waals surface area (Å²) in [6, 6.07) is 10.4. The quantitative estimate of drug-likeness (QED) is 0.527. The van der Waals surface area contributed by atoms with E-state index >= 15 is 0 Å². The van der Waals surface area contributed by atoms with Gasteiger partial charge in [0.2, 0.25) is 0 Å². The molecule has 2 aromatic carbocycles. The first-order valence-electron chi connectivity index (χ1n) is 8.58. The van der Waals surface area contributed by atoms with Crippen molar-refractivity contribution in [2.24, 2.45) is 0 Å². The van der Waals surface area contributed by atoms with Crippen LogP contribution in [0, 0.1) is 11.6 Å². The van der Waals surface area contributed by atoms with Crippen LogP contribution in [0.15, 0.2) is 59.9 Å². The van der Waals surface area contributed by atoms with E-state index in [4.69, 9.17) is 9.47 Å². The van der Waals surface area contributed by atoms with Crippen molar-refractivity contribution in [1.29, 1.82) is 0 Å². The topological polar surface area (TPSA) is 76.7 Å². The first kappa shape index (κ1) is 20.9. The van der Waals surface area contributed by atoms with Crippen LogP contribution in [-0.2, 0) is 19.1 Å². The summed E-state index contributed by atoms with van der Waals surface area (Å²) < 4.78 is 36.4. The number of ether oxygens (including phenoxy) is 2. The van der Waals surface area contributed by atoms with Crippen molar-refractivity contribution in [3.05, 3.63) is 71.6 Å². The van der Waals surface area contributed by atoms with Gasteiger partial charge in [0, 0.05) is 11.4 Å². The lowest BCUT2D eigenvalue weighted by Gasteiger charge is -2.17. The summed E-state index contributed by atoms with van der Waals surface area (Å²) in [5, 5.41) is 5.53. The molecule has 0 spiro atoms. The van der Waals surface area contributed by atoms with Crippen LogP contribution in [0.25, 0.3) is 0 Å². The van der Waals surface area contributed by atoms with E-state index in [1.54, 1.807) is 13.8 Å². The highest BCUT2D eigenvalue weighted by molar-refractivity contribution is 6.04. The van der Waals surface area contributed by atoms with Crippen molar-refractivity contribution in [2.45, 2.75) is 13.8 Å². The van der Waals surface area contributed by atoms with Gasteiger partial charge in [0.15, 0.2) is 11.4 Å². The van der Waals surface area contributed by atoms with E-state index in [-0.39, 0.29) is 24.6 Å². The van der Waals surface area contributed by atoms with Crippen molar-refractivity contribution in [1.82, 2.24) is 0 Å². The van der Waals surface area contributed by atoms with Crippen molar-refractivity contribution < 1.29 is 27.8 Å². The Bertz CT molecular complexity index is 778. The minimum absolute atomic E-state index is 0.0695. The molecule has 6 nitrogen and oxygen atoms in total. The number of esters is 2. The summed E-state index contributed by atoms with van der Waals surface area (Å²) in [6.45, 7) is 3.37. The Balaban J connectivity index is 2.49. The van der Waals surface area contributed by atoms with E-state index in [0.29, 0.717) is 11.4 Å². The maximum Gasteiger partial charge on any atom is 0.357 e. The van der Waals surface area contributed by atoms with E-state index in [1.165, 1.54) is 48.5 Å². The van der Waals surface area contributed by atoms with Gasteiger partial charge in [-0.05, 0) is 62.4 Å². The van der Waals surface area contributed by atoms with Crippen molar-refractivity contribution in [3.63, 3.8) is 0 Å². The summed E-state index contributed by atoms with van der Waals surface area (Å²) in [5.74, 6) is -2.54. The Hall–Kier alpha value is -3.42. The molecule has 0 aliphatic rings. The molecule has 0 aliphatic carbocycles. The molecule has 8 heteroatoms. The van der Waals surface area contributed by atoms with Crippen LogP contribution in [0.1, 0.15) is 13.8 Å². The standard InChI is InChI=1S/C20H20F2N2O4/c1-3-27-19(25)17(23-15-9-5-13(21)6-10-15)18(20(26)28-4-2)24-16-11-7-14(22)8-12-16/h5-12,23-24H,3-4H2,1-2H3. The monoisotopic (exact) mass is 390 g/mol. The molecule has 0 amide bonds. The third-order valence-corrected chi connectivity index (χ3v) is 3.44. The molecule has 28 heavy (non-hydrogen) atoms. The molecule has 0 radical (unpaired) electrons. The fourth-order valence-corrected chi connectivity index (χ4v) is 2.19. The zero-order valence-corrected chi connectivity index (χ0v) is 15.4. The normalized spacial score (nSPS) is 11.3. The molecule has 148 valence electrons. The number of hydrogen-bond acceptors (Lipinski definition) is 6. The third-order valence-electron chi connectivity index (χ3n) is 3.44. The number of carbonyl (C=O) groups is 2. The molecule has 2 rings (SSSR count). The van der Waals surface area contributed by atoms with Gasteiger partial charge < -0.3 is 20.1 Å². The smallest absolute Gasteiger partial charge is 0.357 e. The van der Waals surface area contributed by atoms with Crippen molar-refractivity contribution >= 4 is 23.3 Å². The average Bonchev–Trinajstić information content (AvgIpc) is 2.68. The zero-order chi connectivity index (χ0) is 20.5. The highest BCUT2D eigenvalue weighted by atomic mass is 19.1. The van der Waals surface area contributed by atoms with Crippen molar-refractivity contribution in [3.8, 4) is 0 Å². The minimum atomic E-state index is -0.815. The first-order valence-corrected chi connectivity index (χ1v) is 8.58. The van der Waals surface area contributed by atoms with Gasteiger partial charge in [-0.2, -0.15) is 0 Å². The number of carbonyl (C=O) groups excluding carboxylic acids is 2. The average molecular weight is 390 g/mol. The fraction of sp³-hybridized carbons (Fsp3) is 0.200. The van der Waals surface area contributed by atoms with Gasteiger partial charge >= 0.3 is 11.9 Å². The molecule has 2 aromatic rings. The Morgan fingerprint density at radius 2 is 1.04 bits per heavy atom. The molecule has 0 heterocycles. The Morgan fingerprint density at radius 1 is 0.714 bits per heavy atom. The maximum atomic E-state index is 13.2. The maximum absolute atomic E-state index is 13.2. The summed E-state index contributed by atoms with van der Waals surface area (Å²) >= 11 is 0. The number of rotatable bonds is 8. The van der Waals surface area contributed by atoms with Gasteiger partial charge in [0.05, 0.1) is 13.2 Å². The molecular weight excluding hydrogens is 370 g/mol. The van der Waals surface area contributed by atoms with Crippen LogP contribution in [0.5, 0.6) is 0 Å². The van der Waals surface area contributed by atoms with E-state index in [2.05, 4.69) is 10.6 Å². The Kier molecular flexibility index (Phi) is 7.50. The van der Waals surface area contributed by atoms with Gasteiger partial charge in [-0.25, -0.2) is 18.4 Å². The van der Waals surface area contributed by atoms with E-state index in [1.807, 2.05) is 0 Å². The molecule has 0 atom stereocenters. The van der Waals surface area contributed by atoms with Crippen LogP contribution in [0.3, 0.4) is 0 Å². The lowest BCUT2D eigenvalue weighted by Crippen LogP contribution is -2.25. The second-order valence-electron chi connectivity index (χ2n) is 5.45. The van der Waals surface area contributed by atoms with Crippen LogP contribution in [-0.4, -0.2) is 25.2 Å². The molecule has 0 saturated heterocycles. The second kappa shape index (κ2) is 10.1. The predicted molar refractivity (Wildman–Crippen MR) is 100 cm³/mol. The molecule has 0 unspecified atom stereocenters. The SMILES string of the molecule is CCOC(=O)C(Nc1ccc(F)cc1)=C(Nc1ccc(F)cc1)C(=O)OCC.